The van der Waals surface area contributed by atoms with Gasteiger partial charge in [0.05, 0.1) is 18.6 Å². The van der Waals surface area contributed by atoms with Crippen LogP contribution in [0.3, 0.4) is 0 Å². The molecule has 0 N–H and O–H groups in total. The quantitative estimate of drug-likeness (QED) is 0.587. The third kappa shape index (κ3) is 3.76. The lowest BCUT2D eigenvalue weighted by atomic mass is 9.88. The van der Waals surface area contributed by atoms with Crippen LogP contribution in [-0.4, -0.2) is 11.6 Å². The summed E-state index contributed by atoms with van der Waals surface area (Å²) in [7, 11) is 0. The molecule has 0 heterocycles. The molecule has 0 saturated heterocycles. The Labute approximate surface area is 118 Å². The number of ketones is 2. The number of carbonyl (C=O) groups is 2. The normalized spacial score (nSPS) is 9.85. The first-order chi connectivity index (χ1) is 9.55. The fraction of sp³-hybridized carbons (Fsp3) is 0.375. The van der Waals surface area contributed by atoms with E-state index in [9.17, 15) is 9.59 Å². The molecule has 0 atom stereocenters. The molecule has 0 fully saturated rings. The van der Waals surface area contributed by atoms with Crippen molar-refractivity contribution >= 4 is 17.3 Å². The van der Waals surface area contributed by atoms with Gasteiger partial charge >= 0.3 is 0 Å². The van der Waals surface area contributed by atoms with Crippen LogP contribution in [-0.2, 0) is 16.0 Å². The summed E-state index contributed by atoms with van der Waals surface area (Å²) in [6, 6.07) is 6.75. The molecule has 4 nitrogen and oxygen atoms in total. The third-order valence-electron chi connectivity index (χ3n) is 3.15. The van der Waals surface area contributed by atoms with Crippen molar-refractivity contribution in [1.29, 1.82) is 5.26 Å². The van der Waals surface area contributed by atoms with E-state index < -0.39 is 5.92 Å². The molecular weight excluding hydrogens is 252 g/mol. The van der Waals surface area contributed by atoms with E-state index in [1.165, 1.54) is 6.07 Å². The number of nitrogens with zero attached hydrogens (tertiary/aromatic N) is 2. The SMILES string of the molecule is [C-]#[N+]c1cc(C#N)cc(CC(C(=O)CC)C(=O)CC)c1. The molecule has 0 aromatic heterocycles. The van der Waals surface area contributed by atoms with Crippen LogP contribution in [0.25, 0.3) is 4.85 Å². The molecule has 0 aliphatic heterocycles. The van der Waals surface area contributed by atoms with Gasteiger partial charge in [0.2, 0.25) is 0 Å². The van der Waals surface area contributed by atoms with Crippen molar-refractivity contribution in [2.75, 3.05) is 0 Å². The first kappa shape index (κ1) is 15.6. The summed E-state index contributed by atoms with van der Waals surface area (Å²) < 4.78 is 0. The minimum absolute atomic E-state index is 0.0939. The number of nitriles is 1. The number of hydrogen-bond acceptors (Lipinski definition) is 3. The van der Waals surface area contributed by atoms with Crippen molar-refractivity contribution in [1.82, 2.24) is 0 Å². The van der Waals surface area contributed by atoms with E-state index in [0.717, 1.165) is 0 Å². The van der Waals surface area contributed by atoms with Gasteiger partial charge in [0.15, 0.2) is 5.69 Å². The van der Waals surface area contributed by atoms with E-state index >= 15 is 0 Å². The Bertz CT molecular complexity index is 558. The summed E-state index contributed by atoms with van der Waals surface area (Å²) in [6.07, 6.45) is 0.880. The molecular formula is C16H16N2O2. The summed E-state index contributed by atoms with van der Waals surface area (Å²) in [5, 5.41) is 8.94. The van der Waals surface area contributed by atoms with Gasteiger partial charge in [0.1, 0.15) is 11.6 Å². The van der Waals surface area contributed by atoms with E-state index in [4.69, 9.17) is 11.8 Å². The zero-order valence-corrected chi connectivity index (χ0v) is 11.6. The molecule has 0 bridgehead atoms. The van der Waals surface area contributed by atoms with Gasteiger partial charge in [-0.15, -0.1) is 0 Å². The number of hydrogen-bond donors (Lipinski definition) is 0. The highest BCUT2D eigenvalue weighted by Crippen LogP contribution is 2.21. The number of rotatable bonds is 6. The maximum Gasteiger partial charge on any atom is 0.188 e. The number of carbonyl (C=O) groups excluding carboxylic acids is 2. The molecule has 0 spiro atoms. The maximum absolute atomic E-state index is 11.9. The van der Waals surface area contributed by atoms with Gasteiger partial charge in [0.25, 0.3) is 0 Å². The summed E-state index contributed by atoms with van der Waals surface area (Å²) in [5.41, 5.74) is 1.41. The van der Waals surface area contributed by atoms with Crippen LogP contribution in [0.1, 0.15) is 37.8 Å². The monoisotopic (exact) mass is 268 g/mol. The van der Waals surface area contributed by atoms with Crippen LogP contribution in [0.5, 0.6) is 0 Å². The molecule has 0 aliphatic rings. The van der Waals surface area contributed by atoms with Gasteiger partial charge in [-0.05, 0) is 18.6 Å². The zero-order chi connectivity index (χ0) is 15.1. The minimum atomic E-state index is -0.669. The lowest BCUT2D eigenvalue weighted by molar-refractivity contribution is -0.132. The van der Waals surface area contributed by atoms with Gasteiger partial charge in [-0.3, -0.25) is 9.59 Å². The van der Waals surface area contributed by atoms with E-state index in [1.807, 2.05) is 6.07 Å². The van der Waals surface area contributed by atoms with Gasteiger partial charge < -0.3 is 0 Å². The van der Waals surface area contributed by atoms with Crippen LogP contribution in [0.4, 0.5) is 5.69 Å². The Morgan fingerprint density at radius 1 is 1.25 bits per heavy atom. The lowest BCUT2D eigenvalue weighted by Crippen LogP contribution is -2.25. The van der Waals surface area contributed by atoms with Crippen LogP contribution < -0.4 is 0 Å². The fourth-order valence-corrected chi connectivity index (χ4v) is 2.06. The Balaban J connectivity index is 3.12. The van der Waals surface area contributed by atoms with Gasteiger partial charge in [-0.2, -0.15) is 5.26 Å². The summed E-state index contributed by atoms with van der Waals surface area (Å²) in [6.45, 7) is 10.5. The average Bonchev–Trinajstić information content (AvgIpc) is 2.50. The van der Waals surface area contributed by atoms with E-state index in [2.05, 4.69) is 4.85 Å². The van der Waals surface area contributed by atoms with Gasteiger partial charge in [0, 0.05) is 18.4 Å². The Hall–Kier alpha value is -2.46. The number of benzene rings is 1. The van der Waals surface area contributed by atoms with E-state index in [-0.39, 0.29) is 18.0 Å². The molecule has 0 unspecified atom stereocenters. The van der Waals surface area contributed by atoms with E-state index in [0.29, 0.717) is 29.7 Å². The second-order valence-electron chi connectivity index (χ2n) is 4.51. The van der Waals surface area contributed by atoms with Crippen LogP contribution in [0.15, 0.2) is 18.2 Å². The smallest absolute Gasteiger partial charge is 0.188 e. The van der Waals surface area contributed by atoms with Gasteiger partial charge in [-0.25, -0.2) is 4.85 Å². The first-order valence-electron chi connectivity index (χ1n) is 6.52. The van der Waals surface area contributed by atoms with Crippen molar-refractivity contribution in [3.8, 4) is 6.07 Å². The predicted molar refractivity (Wildman–Crippen MR) is 75.2 cm³/mol. The van der Waals surface area contributed by atoms with Crippen molar-refractivity contribution < 1.29 is 9.59 Å². The summed E-state index contributed by atoms with van der Waals surface area (Å²) in [4.78, 5) is 27.1. The zero-order valence-electron chi connectivity index (χ0n) is 11.6. The first-order valence-corrected chi connectivity index (χ1v) is 6.52. The van der Waals surface area contributed by atoms with Crippen LogP contribution in [0.2, 0.25) is 0 Å². The van der Waals surface area contributed by atoms with E-state index in [1.54, 1.807) is 26.0 Å². The Morgan fingerprint density at radius 2 is 1.85 bits per heavy atom. The van der Waals surface area contributed by atoms with Crippen molar-refractivity contribution in [3.05, 3.63) is 40.7 Å². The molecule has 1 aromatic carbocycles. The lowest BCUT2D eigenvalue weighted by Gasteiger charge is -2.13. The van der Waals surface area contributed by atoms with Gasteiger partial charge in [-0.1, -0.05) is 25.5 Å². The molecule has 102 valence electrons. The number of Topliss-reactive ketones (excluding diaryl/α,β-unsaturated/α-hetero) is 2. The molecule has 4 heteroatoms. The minimum Gasteiger partial charge on any atom is -0.299 e. The summed E-state index contributed by atoms with van der Waals surface area (Å²) in [5.74, 6) is -0.857. The second kappa shape index (κ2) is 7.21. The standard InChI is InChI=1S/C16H16N2O2/c1-4-15(19)14(16(20)5-2)9-11-6-12(10-17)8-13(7-11)18-3/h6-8,14H,4-5,9H2,1-2H3. The second-order valence-corrected chi connectivity index (χ2v) is 4.51. The largest absolute Gasteiger partial charge is 0.299 e. The molecule has 1 rings (SSSR count). The topological polar surface area (TPSA) is 62.3 Å². The highest BCUT2D eigenvalue weighted by atomic mass is 16.1. The molecule has 1 aromatic rings. The third-order valence-corrected chi connectivity index (χ3v) is 3.15. The predicted octanol–water partition coefficient (Wildman–Crippen LogP) is 3.23. The highest BCUT2D eigenvalue weighted by molar-refractivity contribution is 6.02. The van der Waals surface area contributed by atoms with Crippen molar-refractivity contribution in [2.45, 2.75) is 33.1 Å². The molecule has 0 saturated carbocycles. The Morgan fingerprint density at radius 3 is 2.30 bits per heavy atom. The Kier molecular flexibility index (Phi) is 5.62. The molecule has 0 aliphatic carbocycles. The van der Waals surface area contributed by atoms with Crippen molar-refractivity contribution in [3.63, 3.8) is 0 Å². The average molecular weight is 268 g/mol. The van der Waals surface area contributed by atoms with Crippen molar-refractivity contribution in [2.24, 2.45) is 5.92 Å². The highest BCUT2D eigenvalue weighted by Gasteiger charge is 2.24. The molecule has 0 radical (unpaired) electrons. The van der Waals surface area contributed by atoms with Crippen LogP contribution in [0, 0.1) is 23.8 Å². The molecule has 0 amide bonds. The van der Waals surface area contributed by atoms with Crippen LogP contribution >= 0.6 is 0 Å². The summed E-state index contributed by atoms with van der Waals surface area (Å²) >= 11 is 0. The maximum atomic E-state index is 11.9. The molecule has 20 heavy (non-hydrogen) atoms. The fourth-order valence-electron chi connectivity index (χ4n) is 2.06.